The third-order valence-corrected chi connectivity index (χ3v) is 1.64. The Morgan fingerprint density at radius 2 is 2.21 bits per heavy atom. The fourth-order valence-electron chi connectivity index (χ4n) is 1.04. The second-order valence-corrected chi connectivity index (χ2v) is 2.97. The zero-order valence-electron chi connectivity index (χ0n) is 8.23. The van der Waals surface area contributed by atoms with Crippen LogP contribution in [0, 0.1) is 6.92 Å². The SMILES string of the molecule is Cc1cccc(OCCN=C(N)N)c1. The summed E-state index contributed by atoms with van der Waals surface area (Å²) >= 11 is 0. The van der Waals surface area contributed by atoms with Crippen LogP contribution in [0.4, 0.5) is 0 Å². The molecule has 0 aromatic heterocycles. The molecule has 1 rings (SSSR count). The third-order valence-electron chi connectivity index (χ3n) is 1.64. The van der Waals surface area contributed by atoms with Gasteiger partial charge in [-0.05, 0) is 24.6 Å². The van der Waals surface area contributed by atoms with Crippen molar-refractivity contribution in [1.29, 1.82) is 0 Å². The summed E-state index contributed by atoms with van der Waals surface area (Å²) < 4.78 is 5.42. The van der Waals surface area contributed by atoms with Crippen molar-refractivity contribution >= 4 is 5.96 Å². The summed E-state index contributed by atoms with van der Waals surface area (Å²) in [7, 11) is 0. The zero-order chi connectivity index (χ0) is 10.4. The summed E-state index contributed by atoms with van der Waals surface area (Å²) in [5.41, 5.74) is 11.5. The van der Waals surface area contributed by atoms with E-state index in [1.54, 1.807) is 0 Å². The van der Waals surface area contributed by atoms with Crippen LogP contribution in [0.3, 0.4) is 0 Å². The molecule has 76 valence electrons. The second kappa shape index (κ2) is 5.11. The molecule has 4 nitrogen and oxygen atoms in total. The van der Waals surface area contributed by atoms with Gasteiger partial charge in [-0.2, -0.15) is 0 Å². The van der Waals surface area contributed by atoms with E-state index in [0.717, 1.165) is 5.75 Å². The average Bonchev–Trinajstić information content (AvgIpc) is 2.12. The number of guanidine groups is 1. The minimum absolute atomic E-state index is 0.0952. The van der Waals surface area contributed by atoms with Gasteiger partial charge in [0.15, 0.2) is 5.96 Å². The Morgan fingerprint density at radius 1 is 1.43 bits per heavy atom. The maximum Gasteiger partial charge on any atom is 0.186 e. The second-order valence-electron chi connectivity index (χ2n) is 2.97. The van der Waals surface area contributed by atoms with E-state index in [0.29, 0.717) is 13.2 Å². The third kappa shape index (κ3) is 3.80. The summed E-state index contributed by atoms with van der Waals surface area (Å²) in [6.07, 6.45) is 0. The fourth-order valence-corrected chi connectivity index (χ4v) is 1.04. The number of rotatable bonds is 4. The summed E-state index contributed by atoms with van der Waals surface area (Å²) in [5.74, 6) is 0.939. The Morgan fingerprint density at radius 3 is 2.86 bits per heavy atom. The van der Waals surface area contributed by atoms with Crippen LogP contribution in [0.1, 0.15) is 5.56 Å². The van der Waals surface area contributed by atoms with Crippen LogP contribution in [-0.4, -0.2) is 19.1 Å². The van der Waals surface area contributed by atoms with E-state index >= 15 is 0 Å². The highest BCUT2D eigenvalue weighted by molar-refractivity contribution is 5.75. The van der Waals surface area contributed by atoms with Gasteiger partial charge in [-0.25, -0.2) is 0 Å². The molecule has 0 aliphatic heterocycles. The van der Waals surface area contributed by atoms with Gasteiger partial charge in [0, 0.05) is 0 Å². The lowest BCUT2D eigenvalue weighted by Gasteiger charge is -2.04. The molecule has 0 aliphatic rings. The van der Waals surface area contributed by atoms with Crippen LogP contribution in [0.5, 0.6) is 5.75 Å². The quantitative estimate of drug-likeness (QED) is 0.419. The van der Waals surface area contributed by atoms with Crippen molar-refractivity contribution < 1.29 is 4.74 Å². The highest BCUT2D eigenvalue weighted by Gasteiger charge is 1.92. The van der Waals surface area contributed by atoms with Gasteiger partial charge in [-0.15, -0.1) is 0 Å². The van der Waals surface area contributed by atoms with Gasteiger partial charge >= 0.3 is 0 Å². The first-order valence-corrected chi connectivity index (χ1v) is 4.43. The molecule has 1 aromatic carbocycles. The molecule has 0 saturated heterocycles. The highest BCUT2D eigenvalue weighted by atomic mass is 16.5. The lowest BCUT2D eigenvalue weighted by Crippen LogP contribution is -2.23. The predicted molar refractivity (Wildman–Crippen MR) is 57.4 cm³/mol. The van der Waals surface area contributed by atoms with E-state index < -0.39 is 0 Å². The molecule has 0 saturated carbocycles. The van der Waals surface area contributed by atoms with Crippen molar-refractivity contribution in [2.45, 2.75) is 6.92 Å². The Hall–Kier alpha value is -1.71. The maximum atomic E-state index is 5.42. The molecule has 0 heterocycles. The number of nitrogens with two attached hydrogens (primary N) is 2. The monoisotopic (exact) mass is 193 g/mol. The van der Waals surface area contributed by atoms with Crippen LogP contribution < -0.4 is 16.2 Å². The van der Waals surface area contributed by atoms with Crippen LogP contribution in [0.2, 0.25) is 0 Å². The molecule has 0 atom stereocenters. The Balaban J connectivity index is 2.35. The minimum Gasteiger partial charge on any atom is -0.492 e. The first-order chi connectivity index (χ1) is 6.68. The molecular weight excluding hydrogens is 178 g/mol. The van der Waals surface area contributed by atoms with Gasteiger partial charge in [0.05, 0.1) is 6.54 Å². The molecule has 0 fully saturated rings. The molecular formula is C10H15N3O. The van der Waals surface area contributed by atoms with Gasteiger partial charge in [0.1, 0.15) is 12.4 Å². The van der Waals surface area contributed by atoms with Gasteiger partial charge in [-0.1, -0.05) is 12.1 Å². The van der Waals surface area contributed by atoms with Crippen LogP contribution in [0.25, 0.3) is 0 Å². The van der Waals surface area contributed by atoms with Gasteiger partial charge in [0.2, 0.25) is 0 Å². The lowest BCUT2D eigenvalue weighted by atomic mass is 10.2. The Kier molecular flexibility index (Phi) is 3.79. The zero-order valence-corrected chi connectivity index (χ0v) is 8.23. The van der Waals surface area contributed by atoms with Crippen molar-refractivity contribution in [3.63, 3.8) is 0 Å². The highest BCUT2D eigenvalue weighted by Crippen LogP contribution is 2.11. The van der Waals surface area contributed by atoms with Crippen molar-refractivity contribution in [1.82, 2.24) is 0 Å². The normalized spacial score (nSPS) is 9.50. The molecule has 0 unspecified atom stereocenters. The Bertz CT molecular complexity index is 319. The molecule has 4 heteroatoms. The average molecular weight is 193 g/mol. The molecule has 1 aromatic rings. The smallest absolute Gasteiger partial charge is 0.186 e. The standard InChI is InChI=1S/C10H15N3O/c1-8-3-2-4-9(7-8)14-6-5-13-10(11)12/h2-4,7H,5-6H2,1H3,(H4,11,12,13). The van der Waals surface area contributed by atoms with E-state index in [1.165, 1.54) is 5.56 Å². The summed E-state index contributed by atoms with van der Waals surface area (Å²) in [6, 6.07) is 7.84. The molecule has 0 radical (unpaired) electrons. The summed E-state index contributed by atoms with van der Waals surface area (Å²) in [5, 5.41) is 0. The number of benzene rings is 1. The molecule has 0 bridgehead atoms. The molecule has 0 amide bonds. The molecule has 14 heavy (non-hydrogen) atoms. The first-order valence-electron chi connectivity index (χ1n) is 4.43. The van der Waals surface area contributed by atoms with E-state index in [-0.39, 0.29) is 5.96 Å². The number of hydrogen-bond donors (Lipinski definition) is 2. The van der Waals surface area contributed by atoms with E-state index in [2.05, 4.69) is 4.99 Å². The van der Waals surface area contributed by atoms with Crippen LogP contribution in [0.15, 0.2) is 29.3 Å². The van der Waals surface area contributed by atoms with E-state index in [1.807, 2.05) is 31.2 Å². The van der Waals surface area contributed by atoms with E-state index in [4.69, 9.17) is 16.2 Å². The number of ether oxygens (including phenoxy) is 1. The Labute approximate surface area is 83.6 Å². The molecule has 0 aliphatic carbocycles. The maximum absolute atomic E-state index is 5.42. The number of aliphatic imine (C=N–C) groups is 1. The van der Waals surface area contributed by atoms with Crippen molar-refractivity contribution in [3.05, 3.63) is 29.8 Å². The first kappa shape index (κ1) is 10.4. The number of nitrogens with zero attached hydrogens (tertiary/aromatic N) is 1. The summed E-state index contributed by atoms with van der Waals surface area (Å²) in [4.78, 5) is 3.81. The molecule has 4 N–H and O–H groups in total. The van der Waals surface area contributed by atoms with Crippen LogP contribution >= 0.6 is 0 Å². The van der Waals surface area contributed by atoms with Crippen molar-refractivity contribution in [3.8, 4) is 5.75 Å². The summed E-state index contributed by atoms with van der Waals surface area (Å²) in [6.45, 7) is 2.99. The van der Waals surface area contributed by atoms with Crippen LogP contribution in [-0.2, 0) is 0 Å². The topological polar surface area (TPSA) is 73.6 Å². The van der Waals surface area contributed by atoms with Gasteiger partial charge < -0.3 is 16.2 Å². The minimum atomic E-state index is 0.0952. The lowest BCUT2D eigenvalue weighted by molar-refractivity contribution is 0.328. The largest absolute Gasteiger partial charge is 0.492 e. The number of hydrogen-bond acceptors (Lipinski definition) is 2. The van der Waals surface area contributed by atoms with Crippen molar-refractivity contribution in [2.24, 2.45) is 16.5 Å². The van der Waals surface area contributed by atoms with E-state index in [9.17, 15) is 0 Å². The predicted octanol–water partition coefficient (Wildman–Crippen LogP) is 0.647. The van der Waals surface area contributed by atoms with Crippen molar-refractivity contribution in [2.75, 3.05) is 13.2 Å². The molecule has 0 spiro atoms. The van der Waals surface area contributed by atoms with Gasteiger partial charge in [-0.3, -0.25) is 4.99 Å². The fraction of sp³-hybridized carbons (Fsp3) is 0.300. The number of aryl methyl sites for hydroxylation is 1. The van der Waals surface area contributed by atoms with Gasteiger partial charge in [0.25, 0.3) is 0 Å².